The lowest BCUT2D eigenvalue weighted by molar-refractivity contribution is 0.0336. The zero-order valence-corrected chi connectivity index (χ0v) is 15.0. The van der Waals surface area contributed by atoms with Crippen molar-refractivity contribution >= 4 is 37.9 Å². The van der Waals surface area contributed by atoms with Crippen LogP contribution in [0, 0.1) is 0 Å². The molecule has 5 nitrogen and oxygen atoms in total. The average molecular weight is 361 g/mol. The van der Waals surface area contributed by atoms with Crippen molar-refractivity contribution in [3.8, 4) is 0 Å². The van der Waals surface area contributed by atoms with Crippen LogP contribution in [-0.4, -0.2) is 40.6 Å². The van der Waals surface area contributed by atoms with E-state index in [-0.39, 0.29) is 5.56 Å². The lowest BCUT2D eigenvalue weighted by Crippen LogP contribution is -2.36. The minimum Gasteiger partial charge on any atom is -0.379 e. The van der Waals surface area contributed by atoms with Gasteiger partial charge in [-0.05, 0) is 31.2 Å². The Bertz CT molecular complexity index is 966. The molecule has 4 heterocycles. The summed E-state index contributed by atoms with van der Waals surface area (Å²) in [6, 6.07) is 0. The van der Waals surface area contributed by atoms with Gasteiger partial charge in [0.2, 0.25) is 0 Å². The Hall–Kier alpha value is -1.28. The van der Waals surface area contributed by atoms with Crippen LogP contribution in [0.5, 0.6) is 0 Å². The second kappa shape index (κ2) is 5.91. The van der Waals surface area contributed by atoms with E-state index in [1.165, 1.54) is 29.0 Å². The fourth-order valence-corrected chi connectivity index (χ4v) is 6.15. The first-order chi connectivity index (χ1) is 11.8. The Kier molecular flexibility index (Phi) is 3.70. The Labute approximate surface area is 147 Å². The van der Waals surface area contributed by atoms with Crippen LogP contribution in [0.1, 0.15) is 29.0 Å². The quantitative estimate of drug-likeness (QED) is 0.704. The fourth-order valence-electron chi connectivity index (χ4n) is 3.81. The molecule has 1 aliphatic heterocycles. The number of aromatic nitrogens is 2. The summed E-state index contributed by atoms with van der Waals surface area (Å²) in [5.74, 6) is 0. The maximum absolute atomic E-state index is 12.6. The third kappa shape index (κ3) is 2.34. The number of rotatable bonds is 2. The van der Waals surface area contributed by atoms with Gasteiger partial charge in [0.15, 0.2) is 4.96 Å². The highest BCUT2D eigenvalue weighted by molar-refractivity contribution is 7.19. The number of aryl methyl sites for hydroxylation is 2. The van der Waals surface area contributed by atoms with Gasteiger partial charge in [0.1, 0.15) is 4.83 Å². The van der Waals surface area contributed by atoms with Gasteiger partial charge >= 0.3 is 0 Å². The maximum atomic E-state index is 12.6. The first-order valence-electron chi connectivity index (χ1n) is 8.55. The van der Waals surface area contributed by atoms with Crippen molar-refractivity contribution in [1.29, 1.82) is 0 Å². The van der Waals surface area contributed by atoms with E-state index in [1.807, 2.05) is 11.3 Å². The van der Waals surface area contributed by atoms with Crippen LogP contribution in [0.4, 0.5) is 0 Å². The number of morpholine rings is 1. The standard InChI is InChI=1S/C17H19N3O2S2/c21-15-14-12-3-1-2-4-13(12)24-16(14)20-11(10-23-17(20)18-15)9-19-5-7-22-8-6-19/h10H,1-9H2. The molecule has 2 aliphatic rings. The Morgan fingerprint density at radius 2 is 2.04 bits per heavy atom. The van der Waals surface area contributed by atoms with Crippen molar-refractivity contribution in [1.82, 2.24) is 14.3 Å². The molecule has 5 rings (SSSR count). The number of ether oxygens (including phenoxy) is 1. The molecule has 0 spiro atoms. The average Bonchev–Trinajstić information content (AvgIpc) is 3.17. The highest BCUT2D eigenvalue weighted by Crippen LogP contribution is 2.36. The van der Waals surface area contributed by atoms with Crippen LogP contribution in [0.25, 0.3) is 15.2 Å². The minimum atomic E-state index is -0.0378. The molecule has 7 heteroatoms. The molecule has 0 unspecified atom stereocenters. The van der Waals surface area contributed by atoms with Gasteiger partial charge in [0, 0.05) is 29.9 Å². The molecule has 1 aliphatic carbocycles. The molecular weight excluding hydrogens is 342 g/mol. The van der Waals surface area contributed by atoms with Gasteiger partial charge in [-0.25, -0.2) is 0 Å². The zero-order valence-electron chi connectivity index (χ0n) is 13.4. The van der Waals surface area contributed by atoms with E-state index in [0.717, 1.165) is 60.9 Å². The second-order valence-electron chi connectivity index (χ2n) is 6.54. The van der Waals surface area contributed by atoms with Gasteiger partial charge < -0.3 is 4.74 Å². The van der Waals surface area contributed by atoms with Crippen LogP contribution < -0.4 is 5.56 Å². The normalized spacial score (nSPS) is 19.2. The molecule has 0 radical (unpaired) electrons. The van der Waals surface area contributed by atoms with E-state index in [2.05, 4.69) is 19.7 Å². The first-order valence-corrected chi connectivity index (χ1v) is 10.2. The van der Waals surface area contributed by atoms with Crippen molar-refractivity contribution < 1.29 is 4.74 Å². The Balaban J connectivity index is 1.69. The van der Waals surface area contributed by atoms with Crippen molar-refractivity contribution in [2.45, 2.75) is 32.2 Å². The zero-order chi connectivity index (χ0) is 16.1. The molecule has 0 atom stereocenters. The van der Waals surface area contributed by atoms with Gasteiger partial charge in [-0.3, -0.25) is 14.1 Å². The van der Waals surface area contributed by atoms with Gasteiger partial charge in [-0.1, -0.05) is 0 Å². The van der Waals surface area contributed by atoms with E-state index in [9.17, 15) is 4.79 Å². The van der Waals surface area contributed by atoms with E-state index in [4.69, 9.17) is 4.74 Å². The molecule has 1 saturated heterocycles. The van der Waals surface area contributed by atoms with Crippen molar-refractivity contribution in [2.24, 2.45) is 0 Å². The highest BCUT2D eigenvalue weighted by Gasteiger charge is 2.22. The second-order valence-corrected chi connectivity index (χ2v) is 8.46. The van der Waals surface area contributed by atoms with Gasteiger partial charge in [-0.15, -0.1) is 22.7 Å². The summed E-state index contributed by atoms with van der Waals surface area (Å²) in [7, 11) is 0. The Morgan fingerprint density at radius 1 is 1.21 bits per heavy atom. The summed E-state index contributed by atoms with van der Waals surface area (Å²) in [5, 5.41) is 3.05. The molecular formula is C17H19N3O2S2. The van der Waals surface area contributed by atoms with Crippen LogP contribution in [0.3, 0.4) is 0 Å². The van der Waals surface area contributed by atoms with Crippen molar-refractivity contribution in [3.63, 3.8) is 0 Å². The molecule has 3 aromatic heterocycles. The summed E-state index contributed by atoms with van der Waals surface area (Å²) < 4.78 is 7.69. The molecule has 0 N–H and O–H groups in total. The van der Waals surface area contributed by atoms with Crippen LogP contribution >= 0.6 is 22.7 Å². The molecule has 0 aromatic carbocycles. The van der Waals surface area contributed by atoms with Gasteiger partial charge in [0.25, 0.3) is 5.56 Å². The molecule has 126 valence electrons. The molecule has 3 aromatic rings. The third-order valence-corrected chi connectivity index (χ3v) is 7.19. The largest absolute Gasteiger partial charge is 0.379 e. The van der Waals surface area contributed by atoms with Crippen molar-refractivity contribution in [2.75, 3.05) is 26.3 Å². The SMILES string of the molecule is O=c1nc2scc(CN3CCOCC3)n2c2sc3c(c12)CCCC3. The Morgan fingerprint density at radius 3 is 2.92 bits per heavy atom. The summed E-state index contributed by atoms with van der Waals surface area (Å²) in [4.78, 5) is 22.7. The summed E-state index contributed by atoms with van der Waals surface area (Å²) in [5.41, 5.74) is 2.48. The molecule has 24 heavy (non-hydrogen) atoms. The predicted octanol–water partition coefficient (Wildman–Crippen LogP) is 2.68. The predicted molar refractivity (Wildman–Crippen MR) is 97.5 cm³/mol. The van der Waals surface area contributed by atoms with Crippen LogP contribution in [0.15, 0.2) is 10.2 Å². The summed E-state index contributed by atoms with van der Waals surface area (Å²) in [6.07, 6.45) is 4.56. The number of hydrogen-bond donors (Lipinski definition) is 0. The van der Waals surface area contributed by atoms with E-state index < -0.39 is 0 Å². The highest BCUT2D eigenvalue weighted by atomic mass is 32.1. The smallest absolute Gasteiger partial charge is 0.282 e. The molecule has 1 fully saturated rings. The first kappa shape index (κ1) is 15.0. The van der Waals surface area contributed by atoms with E-state index in [1.54, 1.807) is 11.3 Å². The lowest BCUT2D eigenvalue weighted by atomic mass is 9.97. The number of thiophene rings is 1. The topological polar surface area (TPSA) is 46.8 Å². The molecule has 0 bridgehead atoms. The molecule has 0 saturated carbocycles. The fraction of sp³-hybridized carbons (Fsp3) is 0.529. The van der Waals surface area contributed by atoms with Gasteiger partial charge in [0.05, 0.1) is 24.3 Å². The summed E-state index contributed by atoms with van der Waals surface area (Å²) >= 11 is 3.39. The maximum Gasteiger partial charge on any atom is 0.282 e. The van der Waals surface area contributed by atoms with Crippen LogP contribution in [0.2, 0.25) is 0 Å². The number of hydrogen-bond acceptors (Lipinski definition) is 6. The van der Waals surface area contributed by atoms with Crippen molar-refractivity contribution in [3.05, 3.63) is 31.9 Å². The van der Waals surface area contributed by atoms with E-state index >= 15 is 0 Å². The van der Waals surface area contributed by atoms with Gasteiger partial charge in [-0.2, -0.15) is 4.98 Å². The van der Waals surface area contributed by atoms with Crippen LogP contribution in [-0.2, 0) is 24.1 Å². The summed E-state index contributed by atoms with van der Waals surface area (Å²) in [6.45, 7) is 4.44. The number of thiazole rings is 1. The monoisotopic (exact) mass is 361 g/mol. The number of nitrogens with zero attached hydrogens (tertiary/aromatic N) is 3. The lowest BCUT2D eigenvalue weighted by Gasteiger charge is -2.26. The van der Waals surface area contributed by atoms with E-state index in [0.29, 0.717) is 0 Å². The number of fused-ring (bicyclic) bond motifs is 5. The third-order valence-electron chi connectivity index (χ3n) is 5.04. The minimum absolute atomic E-state index is 0.0378. The molecule has 0 amide bonds.